The summed E-state index contributed by atoms with van der Waals surface area (Å²) in [7, 11) is 5.26. The van der Waals surface area contributed by atoms with Crippen molar-refractivity contribution >= 4 is 11.8 Å². The Hall–Kier alpha value is -2.27. The molecule has 0 spiro atoms. The Morgan fingerprint density at radius 1 is 0.846 bits per heavy atom. The standard InChI is InChI=1S/C34H50NO3.BrH/c1-6-8-10-12-14-15-20-30-29-22-23-35(26-27-18-17-19-28(24-27)36-3)32(21-16-13-11-9-7-2)31(29)25-33(37-4)34(30)38-5;/h15,17-20,24-25H,6-14,16,21-23,26H2,1-5H3;1H/q+1;/p-1/b20-15-;. The van der Waals surface area contributed by atoms with Crippen LogP contribution in [-0.2, 0) is 13.0 Å². The first-order valence-electron chi connectivity index (χ1n) is 14.8. The summed E-state index contributed by atoms with van der Waals surface area (Å²) in [6.45, 7) is 6.43. The maximum absolute atomic E-state index is 5.92. The highest BCUT2D eigenvalue weighted by molar-refractivity contribution is 6.00. The number of fused-ring (bicyclic) bond motifs is 1. The molecule has 0 N–H and O–H groups in total. The first-order valence-corrected chi connectivity index (χ1v) is 14.8. The monoisotopic (exact) mass is 599 g/mol. The summed E-state index contributed by atoms with van der Waals surface area (Å²) in [5, 5.41) is 0. The van der Waals surface area contributed by atoms with E-state index in [9.17, 15) is 0 Å². The van der Waals surface area contributed by atoms with E-state index >= 15 is 0 Å². The Labute approximate surface area is 248 Å². The van der Waals surface area contributed by atoms with E-state index in [4.69, 9.17) is 14.2 Å². The van der Waals surface area contributed by atoms with E-state index in [0.29, 0.717) is 0 Å². The van der Waals surface area contributed by atoms with Crippen molar-refractivity contribution in [2.24, 2.45) is 0 Å². The number of hydrogen-bond acceptors (Lipinski definition) is 3. The van der Waals surface area contributed by atoms with E-state index in [2.05, 4.69) is 54.8 Å². The predicted octanol–water partition coefficient (Wildman–Crippen LogP) is 5.62. The second-order valence-electron chi connectivity index (χ2n) is 10.4. The molecule has 0 fully saturated rings. The molecule has 0 bridgehead atoms. The number of allylic oxidation sites excluding steroid dienone is 1. The van der Waals surface area contributed by atoms with Gasteiger partial charge >= 0.3 is 0 Å². The van der Waals surface area contributed by atoms with E-state index in [1.165, 1.54) is 85.8 Å². The molecule has 0 aliphatic carbocycles. The highest BCUT2D eigenvalue weighted by atomic mass is 79.9. The van der Waals surface area contributed by atoms with Gasteiger partial charge in [-0.15, -0.1) is 0 Å². The maximum atomic E-state index is 5.92. The maximum Gasteiger partial charge on any atom is 0.184 e. The largest absolute Gasteiger partial charge is 1.00 e. The molecule has 216 valence electrons. The average molecular weight is 601 g/mol. The molecule has 0 amide bonds. The van der Waals surface area contributed by atoms with Crippen LogP contribution in [-0.4, -0.2) is 38.2 Å². The fourth-order valence-corrected chi connectivity index (χ4v) is 5.56. The third kappa shape index (κ3) is 9.41. The number of ether oxygens (including phenoxy) is 3. The molecule has 0 radical (unpaired) electrons. The predicted molar refractivity (Wildman–Crippen MR) is 160 cm³/mol. The van der Waals surface area contributed by atoms with Crippen LogP contribution >= 0.6 is 0 Å². The van der Waals surface area contributed by atoms with Crippen LogP contribution in [0.1, 0.15) is 107 Å². The molecule has 0 unspecified atom stereocenters. The highest BCUT2D eigenvalue weighted by Gasteiger charge is 2.30. The number of hydrogen-bond donors (Lipinski definition) is 0. The van der Waals surface area contributed by atoms with E-state index in [1.54, 1.807) is 21.3 Å². The highest BCUT2D eigenvalue weighted by Crippen LogP contribution is 2.39. The minimum atomic E-state index is 0. The molecule has 0 aromatic heterocycles. The van der Waals surface area contributed by atoms with Crippen molar-refractivity contribution in [2.45, 2.75) is 97.4 Å². The van der Waals surface area contributed by atoms with Gasteiger partial charge in [-0.1, -0.05) is 83.1 Å². The molecular formula is C34H50BrNO3. The lowest BCUT2D eigenvalue weighted by molar-refractivity contribution is -0.545. The number of benzene rings is 2. The van der Waals surface area contributed by atoms with Gasteiger partial charge in [0.25, 0.3) is 0 Å². The Morgan fingerprint density at radius 2 is 1.59 bits per heavy atom. The molecule has 1 aliphatic heterocycles. The zero-order valence-corrected chi connectivity index (χ0v) is 26.6. The van der Waals surface area contributed by atoms with Crippen LogP contribution in [0.2, 0.25) is 0 Å². The summed E-state index contributed by atoms with van der Waals surface area (Å²) in [4.78, 5) is 0. The molecule has 1 heterocycles. The lowest BCUT2D eigenvalue weighted by atomic mass is 9.88. The van der Waals surface area contributed by atoms with Crippen molar-refractivity contribution < 1.29 is 35.8 Å². The van der Waals surface area contributed by atoms with E-state index in [0.717, 1.165) is 49.6 Å². The van der Waals surface area contributed by atoms with Gasteiger partial charge in [0.05, 0.1) is 21.3 Å². The normalized spacial score (nSPS) is 12.8. The third-order valence-corrected chi connectivity index (χ3v) is 7.68. The summed E-state index contributed by atoms with van der Waals surface area (Å²) in [5.41, 5.74) is 6.64. The summed E-state index contributed by atoms with van der Waals surface area (Å²) in [6.07, 6.45) is 19.3. The molecule has 5 heteroatoms. The van der Waals surface area contributed by atoms with Gasteiger partial charge in [0, 0.05) is 29.5 Å². The zero-order valence-electron chi connectivity index (χ0n) is 25.0. The van der Waals surface area contributed by atoms with Crippen LogP contribution in [0.25, 0.3) is 6.08 Å². The zero-order chi connectivity index (χ0) is 27.2. The van der Waals surface area contributed by atoms with Crippen LogP contribution in [0, 0.1) is 0 Å². The first kappa shape index (κ1) is 32.9. The van der Waals surface area contributed by atoms with Gasteiger partial charge in [0.2, 0.25) is 0 Å². The van der Waals surface area contributed by atoms with Crippen molar-refractivity contribution in [1.82, 2.24) is 0 Å². The quantitative estimate of drug-likeness (QED) is 0.175. The number of unbranched alkanes of at least 4 members (excludes halogenated alkanes) is 8. The molecular weight excluding hydrogens is 550 g/mol. The van der Waals surface area contributed by atoms with E-state index < -0.39 is 0 Å². The van der Waals surface area contributed by atoms with Gasteiger partial charge < -0.3 is 31.2 Å². The molecule has 3 rings (SSSR count). The van der Waals surface area contributed by atoms with Crippen molar-refractivity contribution in [3.63, 3.8) is 0 Å². The van der Waals surface area contributed by atoms with Crippen molar-refractivity contribution in [3.05, 3.63) is 58.7 Å². The number of nitrogens with zero attached hydrogens (tertiary/aromatic N) is 1. The van der Waals surface area contributed by atoms with Crippen molar-refractivity contribution in [1.29, 1.82) is 0 Å². The fourth-order valence-electron chi connectivity index (χ4n) is 5.56. The summed E-state index contributed by atoms with van der Waals surface area (Å²) in [5.74, 6) is 2.60. The molecule has 0 saturated heterocycles. The number of halogens is 1. The molecule has 2 aromatic carbocycles. The Morgan fingerprint density at radius 3 is 2.28 bits per heavy atom. The Bertz CT molecular complexity index is 1080. The fraction of sp³-hybridized carbons (Fsp3) is 0.559. The molecule has 39 heavy (non-hydrogen) atoms. The topological polar surface area (TPSA) is 30.7 Å². The SMILES string of the molecule is CCCCCC/C=C\c1c2c(cc(OC)c1OC)C(CCCCCCC)=[N+](Cc1cccc(OC)c1)CC2.[Br-]. The summed E-state index contributed by atoms with van der Waals surface area (Å²) >= 11 is 0. The average Bonchev–Trinajstić information content (AvgIpc) is 2.95. The van der Waals surface area contributed by atoms with E-state index in [1.807, 2.05) is 6.07 Å². The van der Waals surface area contributed by atoms with Crippen molar-refractivity contribution in [3.8, 4) is 17.2 Å². The van der Waals surface area contributed by atoms with Gasteiger partial charge in [0.15, 0.2) is 23.8 Å². The lowest BCUT2D eigenvalue weighted by Crippen LogP contribution is -3.00. The molecule has 1 aliphatic rings. The Kier molecular flexibility index (Phi) is 15.3. The summed E-state index contributed by atoms with van der Waals surface area (Å²) in [6, 6.07) is 10.7. The van der Waals surface area contributed by atoms with Crippen LogP contribution < -0.4 is 31.2 Å². The second-order valence-corrected chi connectivity index (χ2v) is 10.4. The molecule has 0 saturated carbocycles. The number of methoxy groups -OCH3 is 3. The van der Waals surface area contributed by atoms with Crippen LogP contribution in [0.15, 0.2) is 36.4 Å². The van der Waals surface area contributed by atoms with Crippen LogP contribution in [0.5, 0.6) is 17.2 Å². The van der Waals surface area contributed by atoms with Gasteiger partial charge in [-0.2, -0.15) is 0 Å². The molecule has 4 nitrogen and oxygen atoms in total. The first-order chi connectivity index (χ1) is 18.7. The lowest BCUT2D eigenvalue weighted by Gasteiger charge is -2.24. The van der Waals surface area contributed by atoms with Crippen molar-refractivity contribution in [2.75, 3.05) is 27.9 Å². The third-order valence-electron chi connectivity index (χ3n) is 7.68. The summed E-state index contributed by atoms with van der Waals surface area (Å²) < 4.78 is 19.9. The molecule has 0 atom stereocenters. The number of rotatable bonds is 17. The second kappa shape index (κ2) is 18.1. The Balaban J connectivity index is 0.00000533. The van der Waals surface area contributed by atoms with Crippen LogP contribution in [0.3, 0.4) is 0 Å². The van der Waals surface area contributed by atoms with E-state index in [-0.39, 0.29) is 17.0 Å². The van der Waals surface area contributed by atoms with Gasteiger partial charge in [-0.3, -0.25) is 0 Å². The minimum Gasteiger partial charge on any atom is -1.00 e. The molecule has 2 aromatic rings. The minimum absolute atomic E-state index is 0. The van der Waals surface area contributed by atoms with Gasteiger partial charge in [0.1, 0.15) is 12.3 Å². The van der Waals surface area contributed by atoms with Gasteiger partial charge in [-0.05, 0) is 43.0 Å². The smallest absolute Gasteiger partial charge is 0.184 e. The van der Waals surface area contributed by atoms with Gasteiger partial charge in [-0.25, -0.2) is 4.58 Å². The van der Waals surface area contributed by atoms with Crippen LogP contribution in [0.4, 0.5) is 0 Å².